The molecule has 1 saturated carbocycles. The maximum atomic E-state index is 13.9. The quantitative estimate of drug-likeness (QED) is 0.579. The predicted molar refractivity (Wildman–Crippen MR) is 85.0 cm³/mol. The lowest BCUT2D eigenvalue weighted by molar-refractivity contribution is 0.143. The van der Waals surface area contributed by atoms with Crippen molar-refractivity contribution in [2.75, 3.05) is 0 Å². The summed E-state index contributed by atoms with van der Waals surface area (Å²) >= 11 is 12.6. The summed E-state index contributed by atoms with van der Waals surface area (Å²) in [4.78, 5) is 0. The number of rotatable bonds is 2. The van der Waals surface area contributed by atoms with Crippen molar-refractivity contribution >= 4 is 23.2 Å². The van der Waals surface area contributed by atoms with Gasteiger partial charge in [-0.05, 0) is 55.1 Å². The van der Waals surface area contributed by atoms with Crippen molar-refractivity contribution in [3.63, 3.8) is 0 Å². The molecule has 3 atom stereocenters. The van der Waals surface area contributed by atoms with E-state index < -0.39 is 0 Å². The second-order valence-corrected chi connectivity index (χ2v) is 8.02. The van der Waals surface area contributed by atoms with Crippen LogP contribution in [0.1, 0.15) is 45.6 Å². The standard InChI is InChI=1S/C17H23Cl2F/c1-17(2,3)12-7-8-14(18)11(9-12)10-13-15(19)5-4-6-16(13)20/h4-6,11-12,14H,7-10H2,1-3H3. The van der Waals surface area contributed by atoms with Gasteiger partial charge >= 0.3 is 0 Å². The maximum absolute atomic E-state index is 13.9. The molecule has 0 heterocycles. The van der Waals surface area contributed by atoms with Crippen LogP contribution in [-0.2, 0) is 6.42 Å². The summed E-state index contributed by atoms with van der Waals surface area (Å²) in [5.41, 5.74) is 0.910. The van der Waals surface area contributed by atoms with Gasteiger partial charge < -0.3 is 0 Å². The fourth-order valence-corrected chi connectivity index (χ4v) is 3.77. The lowest BCUT2D eigenvalue weighted by Gasteiger charge is -2.40. The maximum Gasteiger partial charge on any atom is 0.127 e. The molecule has 0 bridgehead atoms. The van der Waals surface area contributed by atoms with Gasteiger partial charge in [0.25, 0.3) is 0 Å². The molecule has 0 saturated heterocycles. The Kier molecular flexibility index (Phi) is 5.02. The van der Waals surface area contributed by atoms with Crippen LogP contribution in [0.25, 0.3) is 0 Å². The Balaban J connectivity index is 2.15. The van der Waals surface area contributed by atoms with Gasteiger partial charge in [0.05, 0.1) is 0 Å². The second kappa shape index (κ2) is 6.23. The van der Waals surface area contributed by atoms with Crippen molar-refractivity contribution in [2.45, 2.75) is 51.8 Å². The number of halogens is 3. The Morgan fingerprint density at radius 3 is 2.55 bits per heavy atom. The van der Waals surface area contributed by atoms with E-state index in [9.17, 15) is 4.39 Å². The van der Waals surface area contributed by atoms with Gasteiger partial charge in [-0.2, -0.15) is 0 Å². The van der Waals surface area contributed by atoms with E-state index in [2.05, 4.69) is 20.8 Å². The zero-order valence-electron chi connectivity index (χ0n) is 12.4. The first-order chi connectivity index (χ1) is 9.29. The minimum atomic E-state index is -0.209. The van der Waals surface area contributed by atoms with Crippen LogP contribution in [0.3, 0.4) is 0 Å². The molecule has 112 valence electrons. The van der Waals surface area contributed by atoms with E-state index in [1.165, 1.54) is 12.5 Å². The highest BCUT2D eigenvalue weighted by atomic mass is 35.5. The fraction of sp³-hybridized carbons (Fsp3) is 0.647. The van der Waals surface area contributed by atoms with E-state index in [0.29, 0.717) is 28.8 Å². The summed E-state index contributed by atoms with van der Waals surface area (Å²) in [6.45, 7) is 6.83. The van der Waals surface area contributed by atoms with E-state index in [4.69, 9.17) is 23.2 Å². The molecule has 2 rings (SSSR count). The molecule has 0 spiro atoms. The Morgan fingerprint density at radius 2 is 1.95 bits per heavy atom. The van der Waals surface area contributed by atoms with E-state index in [-0.39, 0.29) is 16.6 Å². The van der Waals surface area contributed by atoms with E-state index in [1.54, 1.807) is 12.1 Å². The predicted octanol–water partition coefficient (Wildman–Crippen LogP) is 6.09. The molecule has 0 radical (unpaired) electrons. The molecule has 3 unspecified atom stereocenters. The van der Waals surface area contributed by atoms with Gasteiger partial charge in [0, 0.05) is 16.0 Å². The monoisotopic (exact) mass is 316 g/mol. The number of alkyl halides is 1. The van der Waals surface area contributed by atoms with Crippen LogP contribution in [0.5, 0.6) is 0 Å². The average Bonchev–Trinajstić information content (AvgIpc) is 2.34. The summed E-state index contributed by atoms with van der Waals surface area (Å²) < 4.78 is 13.9. The fourth-order valence-electron chi connectivity index (χ4n) is 3.21. The highest BCUT2D eigenvalue weighted by Crippen LogP contribution is 2.43. The van der Waals surface area contributed by atoms with Crippen LogP contribution in [0, 0.1) is 23.1 Å². The van der Waals surface area contributed by atoms with Crippen LogP contribution in [0.4, 0.5) is 4.39 Å². The van der Waals surface area contributed by atoms with E-state index in [1.807, 2.05) is 0 Å². The average molecular weight is 317 g/mol. The Morgan fingerprint density at radius 1 is 1.25 bits per heavy atom. The minimum Gasteiger partial charge on any atom is -0.207 e. The highest BCUT2D eigenvalue weighted by Gasteiger charge is 2.35. The van der Waals surface area contributed by atoms with Crippen molar-refractivity contribution in [2.24, 2.45) is 17.3 Å². The molecule has 1 aromatic rings. The molecule has 1 aromatic carbocycles. The molecule has 1 aliphatic rings. The van der Waals surface area contributed by atoms with Gasteiger partial charge in [0.1, 0.15) is 5.82 Å². The first-order valence-electron chi connectivity index (χ1n) is 7.36. The smallest absolute Gasteiger partial charge is 0.127 e. The lowest BCUT2D eigenvalue weighted by atomic mass is 9.68. The van der Waals surface area contributed by atoms with E-state index >= 15 is 0 Å². The Hall–Kier alpha value is -0.270. The van der Waals surface area contributed by atoms with Gasteiger partial charge in [-0.15, -0.1) is 11.6 Å². The first-order valence-corrected chi connectivity index (χ1v) is 8.17. The summed E-state index contributed by atoms with van der Waals surface area (Å²) in [7, 11) is 0. The molecule has 3 heteroatoms. The number of hydrogen-bond acceptors (Lipinski definition) is 0. The lowest BCUT2D eigenvalue weighted by Crippen LogP contribution is -2.33. The molecule has 20 heavy (non-hydrogen) atoms. The summed E-state index contributed by atoms with van der Waals surface area (Å²) in [5.74, 6) is 0.747. The van der Waals surface area contributed by atoms with Gasteiger partial charge in [0.2, 0.25) is 0 Å². The second-order valence-electron chi connectivity index (χ2n) is 7.06. The zero-order chi connectivity index (χ0) is 14.9. The van der Waals surface area contributed by atoms with Crippen LogP contribution in [0.2, 0.25) is 5.02 Å². The molecule has 0 nitrogen and oxygen atoms in total. The molecule has 0 aromatic heterocycles. The van der Waals surface area contributed by atoms with Crippen molar-refractivity contribution in [3.05, 3.63) is 34.6 Å². The van der Waals surface area contributed by atoms with Gasteiger partial charge in [0.15, 0.2) is 0 Å². The van der Waals surface area contributed by atoms with Crippen LogP contribution in [-0.4, -0.2) is 5.38 Å². The third-order valence-corrected chi connectivity index (χ3v) is 5.57. The Labute approximate surface area is 131 Å². The highest BCUT2D eigenvalue weighted by molar-refractivity contribution is 6.31. The third kappa shape index (κ3) is 3.68. The molecule has 1 fully saturated rings. The zero-order valence-corrected chi connectivity index (χ0v) is 13.9. The van der Waals surface area contributed by atoms with Gasteiger partial charge in [-0.3, -0.25) is 0 Å². The van der Waals surface area contributed by atoms with Crippen LogP contribution < -0.4 is 0 Å². The first kappa shape index (κ1) is 16.1. The number of hydrogen-bond donors (Lipinski definition) is 0. The number of benzene rings is 1. The summed E-state index contributed by atoms with van der Waals surface area (Å²) in [6, 6.07) is 4.89. The third-order valence-electron chi connectivity index (χ3n) is 4.64. The SMILES string of the molecule is CC(C)(C)C1CCC(Cl)C(Cc2c(F)cccc2Cl)C1. The van der Waals surface area contributed by atoms with Gasteiger partial charge in [-0.25, -0.2) is 4.39 Å². The largest absolute Gasteiger partial charge is 0.207 e. The van der Waals surface area contributed by atoms with Crippen LogP contribution in [0.15, 0.2) is 18.2 Å². The molecule has 0 aliphatic heterocycles. The Bertz CT molecular complexity index is 444. The molecule has 0 amide bonds. The molecular formula is C17H23Cl2F. The van der Waals surface area contributed by atoms with E-state index in [0.717, 1.165) is 12.8 Å². The van der Waals surface area contributed by atoms with Crippen molar-refractivity contribution < 1.29 is 4.39 Å². The van der Waals surface area contributed by atoms with Gasteiger partial charge in [-0.1, -0.05) is 38.4 Å². The summed E-state index contributed by atoms with van der Waals surface area (Å²) in [5, 5.41) is 0.649. The van der Waals surface area contributed by atoms with Crippen molar-refractivity contribution in [1.82, 2.24) is 0 Å². The topological polar surface area (TPSA) is 0 Å². The minimum absolute atomic E-state index is 0.129. The molecule has 0 N–H and O–H groups in total. The molecule has 1 aliphatic carbocycles. The van der Waals surface area contributed by atoms with Crippen molar-refractivity contribution in [3.8, 4) is 0 Å². The molecular weight excluding hydrogens is 294 g/mol. The van der Waals surface area contributed by atoms with Crippen molar-refractivity contribution in [1.29, 1.82) is 0 Å². The summed E-state index contributed by atoms with van der Waals surface area (Å²) in [6.07, 6.45) is 3.88. The van der Waals surface area contributed by atoms with Crippen LogP contribution >= 0.6 is 23.2 Å². The normalized spacial score (nSPS) is 27.6.